The number of benzene rings is 1. The predicted octanol–water partition coefficient (Wildman–Crippen LogP) is 3.68. The van der Waals surface area contributed by atoms with Gasteiger partial charge in [0.1, 0.15) is 5.69 Å². The molecule has 0 spiro atoms. The van der Waals surface area contributed by atoms with E-state index in [-0.39, 0.29) is 4.90 Å². The van der Waals surface area contributed by atoms with Crippen molar-refractivity contribution in [2.45, 2.75) is 11.8 Å². The smallest absolute Gasteiger partial charge is 0.243 e. The molecule has 28 heavy (non-hydrogen) atoms. The number of nitrogens with zero attached hydrogens (tertiary/aromatic N) is 4. The van der Waals surface area contributed by atoms with E-state index in [4.69, 9.17) is 11.6 Å². The predicted molar refractivity (Wildman–Crippen MR) is 113 cm³/mol. The van der Waals surface area contributed by atoms with E-state index in [1.165, 1.54) is 4.31 Å². The zero-order valence-corrected chi connectivity index (χ0v) is 17.6. The molecule has 0 radical (unpaired) electrons. The number of thiophene rings is 1. The van der Waals surface area contributed by atoms with E-state index in [0.29, 0.717) is 36.8 Å². The molecule has 0 amide bonds. The Bertz CT molecular complexity index is 1060. The second-order valence-electron chi connectivity index (χ2n) is 6.51. The Morgan fingerprint density at radius 2 is 1.79 bits per heavy atom. The lowest BCUT2D eigenvalue weighted by Gasteiger charge is -2.34. The Morgan fingerprint density at radius 1 is 1.00 bits per heavy atom. The lowest BCUT2D eigenvalue weighted by molar-refractivity contribution is 0.383. The van der Waals surface area contributed by atoms with Crippen molar-refractivity contribution in [1.82, 2.24) is 14.5 Å². The van der Waals surface area contributed by atoms with Gasteiger partial charge in [-0.25, -0.2) is 8.42 Å². The minimum Gasteiger partial charge on any atom is -0.352 e. The first-order chi connectivity index (χ1) is 13.5. The molecule has 0 unspecified atom stereocenters. The summed E-state index contributed by atoms with van der Waals surface area (Å²) in [6.07, 6.45) is 0. The van der Waals surface area contributed by atoms with Crippen LogP contribution in [0.25, 0.3) is 10.6 Å². The molecule has 0 aliphatic carbocycles. The fourth-order valence-electron chi connectivity index (χ4n) is 3.21. The number of aromatic nitrogens is 2. The quantitative estimate of drug-likeness (QED) is 0.626. The van der Waals surface area contributed by atoms with E-state index in [0.717, 1.165) is 16.4 Å². The zero-order valence-electron chi connectivity index (χ0n) is 15.2. The molecule has 0 N–H and O–H groups in total. The Kier molecular flexibility index (Phi) is 5.37. The van der Waals surface area contributed by atoms with Crippen molar-refractivity contribution in [2.75, 3.05) is 31.1 Å². The van der Waals surface area contributed by atoms with Gasteiger partial charge >= 0.3 is 0 Å². The molecule has 6 nitrogen and oxygen atoms in total. The summed E-state index contributed by atoms with van der Waals surface area (Å²) in [4.78, 5) is 3.41. The van der Waals surface area contributed by atoms with Crippen molar-refractivity contribution in [3.05, 3.63) is 58.4 Å². The van der Waals surface area contributed by atoms with Crippen molar-refractivity contribution in [3.8, 4) is 10.6 Å². The molecule has 3 aromatic rings. The minimum absolute atomic E-state index is 0.272. The second-order valence-corrected chi connectivity index (χ2v) is 9.77. The van der Waals surface area contributed by atoms with Gasteiger partial charge < -0.3 is 4.90 Å². The number of rotatable bonds is 4. The van der Waals surface area contributed by atoms with Gasteiger partial charge in [0.25, 0.3) is 0 Å². The van der Waals surface area contributed by atoms with E-state index >= 15 is 0 Å². The summed E-state index contributed by atoms with van der Waals surface area (Å²) in [5.74, 6) is 0.760. The number of hydrogen-bond acceptors (Lipinski definition) is 6. The first-order valence-corrected chi connectivity index (χ1v) is 11.5. The normalized spacial score (nSPS) is 15.7. The van der Waals surface area contributed by atoms with Crippen LogP contribution in [0.3, 0.4) is 0 Å². The van der Waals surface area contributed by atoms with Crippen LogP contribution in [0.1, 0.15) is 5.56 Å². The number of sulfonamides is 1. The third-order valence-corrected chi connectivity index (χ3v) is 8.17. The van der Waals surface area contributed by atoms with Gasteiger partial charge in [0.15, 0.2) is 5.82 Å². The Labute approximate surface area is 173 Å². The van der Waals surface area contributed by atoms with Gasteiger partial charge in [0, 0.05) is 31.2 Å². The fraction of sp³-hybridized carbons (Fsp3) is 0.263. The lowest BCUT2D eigenvalue weighted by Crippen LogP contribution is -2.49. The average molecular weight is 435 g/mol. The number of halogens is 1. The molecule has 146 valence electrons. The summed E-state index contributed by atoms with van der Waals surface area (Å²) in [5, 5.41) is 11.1. The average Bonchev–Trinajstić information content (AvgIpc) is 3.25. The molecule has 0 saturated carbocycles. The van der Waals surface area contributed by atoms with Gasteiger partial charge in [-0.3, -0.25) is 0 Å². The van der Waals surface area contributed by atoms with Crippen molar-refractivity contribution in [2.24, 2.45) is 0 Å². The lowest BCUT2D eigenvalue weighted by atomic mass is 10.2. The van der Waals surface area contributed by atoms with Crippen LogP contribution in [0.4, 0.5) is 5.82 Å². The van der Waals surface area contributed by atoms with E-state index in [9.17, 15) is 8.42 Å². The van der Waals surface area contributed by atoms with Gasteiger partial charge in [0.2, 0.25) is 10.0 Å². The minimum atomic E-state index is -3.57. The zero-order chi connectivity index (χ0) is 19.7. The summed E-state index contributed by atoms with van der Waals surface area (Å²) in [5.41, 5.74) is 1.43. The molecule has 0 bridgehead atoms. The van der Waals surface area contributed by atoms with Gasteiger partial charge in [0.05, 0.1) is 9.77 Å². The molecule has 1 fully saturated rings. The number of anilines is 1. The van der Waals surface area contributed by atoms with Gasteiger partial charge in [-0.15, -0.1) is 21.5 Å². The Morgan fingerprint density at radius 3 is 2.43 bits per heavy atom. The molecule has 1 aromatic carbocycles. The highest BCUT2D eigenvalue weighted by molar-refractivity contribution is 7.89. The molecule has 1 aliphatic heterocycles. The van der Waals surface area contributed by atoms with Crippen molar-refractivity contribution >= 4 is 38.8 Å². The third-order valence-electron chi connectivity index (χ3n) is 4.82. The van der Waals surface area contributed by atoms with Crippen LogP contribution in [0.2, 0.25) is 5.02 Å². The monoisotopic (exact) mass is 434 g/mol. The maximum atomic E-state index is 13.0. The molecule has 4 rings (SSSR count). The highest BCUT2D eigenvalue weighted by Gasteiger charge is 2.30. The third kappa shape index (κ3) is 3.65. The summed E-state index contributed by atoms with van der Waals surface area (Å²) in [6, 6.07) is 12.9. The summed E-state index contributed by atoms with van der Waals surface area (Å²) >= 11 is 7.73. The van der Waals surface area contributed by atoms with Gasteiger partial charge in [-0.05, 0) is 48.2 Å². The van der Waals surface area contributed by atoms with Crippen molar-refractivity contribution in [1.29, 1.82) is 0 Å². The van der Waals surface area contributed by atoms with E-state index in [1.807, 2.05) is 29.6 Å². The van der Waals surface area contributed by atoms with Gasteiger partial charge in [-0.1, -0.05) is 23.7 Å². The highest BCUT2D eigenvalue weighted by atomic mass is 35.5. The fourth-order valence-corrected chi connectivity index (χ4v) is 5.80. The van der Waals surface area contributed by atoms with E-state index < -0.39 is 10.0 Å². The van der Waals surface area contributed by atoms with Crippen LogP contribution in [0, 0.1) is 6.92 Å². The Hall–Kier alpha value is -2.00. The molecule has 0 atom stereocenters. The van der Waals surface area contributed by atoms with E-state index in [1.54, 1.807) is 36.5 Å². The SMILES string of the molecule is Cc1c(Cl)cccc1S(=O)(=O)N1CCN(c2ccc(-c3cccs3)nn2)CC1. The highest BCUT2D eigenvalue weighted by Crippen LogP contribution is 2.27. The van der Waals surface area contributed by atoms with Crippen molar-refractivity contribution in [3.63, 3.8) is 0 Å². The summed E-state index contributed by atoms with van der Waals surface area (Å²) in [7, 11) is -3.57. The molecule has 3 heterocycles. The maximum Gasteiger partial charge on any atom is 0.243 e. The molecule has 1 saturated heterocycles. The number of piperazine rings is 1. The van der Waals surface area contributed by atoms with Crippen LogP contribution >= 0.6 is 22.9 Å². The van der Waals surface area contributed by atoms with Crippen LogP contribution < -0.4 is 4.90 Å². The first kappa shape index (κ1) is 19.3. The summed E-state index contributed by atoms with van der Waals surface area (Å²) < 4.78 is 27.5. The first-order valence-electron chi connectivity index (χ1n) is 8.84. The van der Waals surface area contributed by atoms with Crippen molar-refractivity contribution < 1.29 is 8.42 Å². The molecule has 1 aliphatic rings. The molecule has 2 aromatic heterocycles. The maximum absolute atomic E-state index is 13.0. The van der Waals surface area contributed by atoms with Gasteiger partial charge in [-0.2, -0.15) is 4.31 Å². The van der Waals surface area contributed by atoms with Crippen LogP contribution in [-0.4, -0.2) is 49.1 Å². The molecular formula is C19H19ClN4O2S2. The molecule has 9 heteroatoms. The second kappa shape index (κ2) is 7.79. The number of hydrogen-bond donors (Lipinski definition) is 0. The van der Waals surface area contributed by atoms with Crippen LogP contribution in [0.5, 0.6) is 0 Å². The standard InChI is InChI=1S/C19H19ClN4O2S2/c1-14-15(20)4-2-6-18(14)28(25,26)24-11-9-23(10-12-24)19-8-7-16(21-22-19)17-5-3-13-27-17/h2-8,13H,9-12H2,1H3. The van der Waals surface area contributed by atoms with E-state index in [2.05, 4.69) is 15.1 Å². The summed E-state index contributed by atoms with van der Waals surface area (Å²) in [6.45, 7) is 3.64. The largest absolute Gasteiger partial charge is 0.352 e. The van der Waals surface area contributed by atoms with Crippen LogP contribution in [-0.2, 0) is 10.0 Å². The topological polar surface area (TPSA) is 66.4 Å². The van der Waals surface area contributed by atoms with Crippen LogP contribution in [0.15, 0.2) is 52.7 Å². The Balaban J connectivity index is 1.46. The molecular weight excluding hydrogens is 416 g/mol.